The molecule has 1 aliphatic carbocycles. The number of pyridine rings is 1. The fraction of sp³-hybridized carbons (Fsp3) is 0.400. The number of Topliss-reactive ketones (excluding diaryl/α,β-unsaturated/α-hetero) is 1. The predicted octanol–water partition coefficient (Wildman–Crippen LogP) is 3.22. The van der Waals surface area contributed by atoms with Gasteiger partial charge in [-0.15, -0.1) is 0 Å². The van der Waals surface area contributed by atoms with Crippen molar-refractivity contribution in [2.75, 3.05) is 7.11 Å². The highest BCUT2D eigenvalue weighted by atomic mass is 19.1. The van der Waals surface area contributed by atoms with Crippen LogP contribution in [0.5, 0.6) is 0 Å². The number of hydrogen-bond acceptors (Lipinski definition) is 5. The first-order valence-corrected chi connectivity index (χ1v) is 8.53. The Morgan fingerprint density at radius 2 is 2.07 bits per heavy atom. The number of aromatic nitrogens is 3. The van der Waals surface area contributed by atoms with Crippen LogP contribution in [0.3, 0.4) is 0 Å². The zero-order valence-corrected chi connectivity index (χ0v) is 16.0. The number of carbonyl (C=O) groups excluding carboxylic acids is 1. The molecule has 0 radical (unpaired) electrons. The predicted molar refractivity (Wildman–Crippen MR) is 96.9 cm³/mol. The second-order valence-corrected chi connectivity index (χ2v) is 7.50. The summed E-state index contributed by atoms with van der Waals surface area (Å²) >= 11 is 0. The smallest absolute Gasteiger partial charge is 0.178 e. The lowest BCUT2D eigenvalue weighted by Crippen LogP contribution is -2.43. The van der Waals surface area contributed by atoms with E-state index in [-0.39, 0.29) is 17.8 Å². The first kappa shape index (κ1) is 18.9. The van der Waals surface area contributed by atoms with Crippen molar-refractivity contribution >= 4 is 5.78 Å². The summed E-state index contributed by atoms with van der Waals surface area (Å²) in [7, 11) is 3.29. The van der Waals surface area contributed by atoms with Gasteiger partial charge in [0.05, 0.1) is 23.2 Å². The van der Waals surface area contributed by atoms with Crippen molar-refractivity contribution in [3.63, 3.8) is 0 Å². The zero-order valence-electron chi connectivity index (χ0n) is 16.0. The molecule has 2 heterocycles. The average molecular weight is 368 g/mol. The van der Waals surface area contributed by atoms with Gasteiger partial charge in [0.2, 0.25) is 0 Å². The molecule has 0 aromatic carbocycles. The molecule has 1 atom stereocenters. The Hall–Kier alpha value is -2.85. The Bertz CT molecular complexity index is 1000. The molecule has 0 N–H and O–H groups in total. The van der Waals surface area contributed by atoms with E-state index in [1.54, 1.807) is 31.8 Å². The minimum Gasteiger partial charge on any atom is -0.368 e. The molecule has 0 spiro atoms. The maximum Gasteiger partial charge on any atom is 0.178 e. The highest BCUT2D eigenvalue weighted by molar-refractivity contribution is 6.04. The lowest BCUT2D eigenvalue weighted by molar-refractivity contribution is -0.128. The van der Waals surface area contributed by atoms with E-state index in [0.717, 1.165) is 11.8 Å². The number of nitrogens with zero attached hydrogens (tertiary/aromatic N) is 4. The van der Waals surface area contributed by atoms with Crippen LogP contribution < -0.4 is 0 Å². The first-order valence-electron chi connectivity index (χ1n) is 8.53. The van der Waals surface area contributed by atoms with Crippen molar-refractivity contribution < 1.29 is 13.9 Å². The molecule has 0 bridgehead atoms. The first-order chi connectivity index (χ1) is 12.6. The molecule has 2 aromatic rings. The van der Waals surface area contributed by atoms with Gasteiger partial charge in [0.1, 0.15) is 17.5 Å². The third kappa shape index (κ3) is 3.06. The van der Waals surface area contributed by atoms with Gasteiger partial charge in [0.15, 0.2) is 5.78 Å². The topological polar surface area (TPSA) is 80.8 Å². The van der Waals surface area contributed by atoms with Crippen molar-refractivity contribution in [3.8, 4) is 17.2 Å². The second kappa shape index (κ2) is 6.39. The van der Waals surface area contributed by atoms with Gasteiger partial charge < -0.3 is 4.74 Å². The molecule has 3 rings (SSSR count). The van der Waals surface area contributed by atoms with Crippen molar-refractivity contribution in [2.24, 2.45) is 12.5 Å². The molecule has 0 saturated heterocycles. The third-order valence-electron chi connectivity index (χ3n) is 4.98. The zero-order chi connectivity index (χ0) is 20.0. The van der Waals surface area contributed by atoms with Crippen LogP contribution in [0, 0.1) is 29.5 Å². The van der Waals surface area contributed by atoms with Crippen LogP contribution in [0.2, 0.25) is 0 Å². The van der Waals surface area contributed by atoms with Crippen molar-refractivity contribution in [1.82, 2.24) is 14.8 Å². The lowest BCUT2D eigenvalue weighted by Gasteiger charge is -2.40. The lowest BCUT2D eigenvalue weighted by atomic mass is 9.68. The fourth-order valence-corrected chi connectivity index (χ4v) is 3.76. The summed E-state index contributed by atoms with van der Waals surface area (Å²) in [5.74, 6) is -0.724. The molecule has 6 nitrogen and oxygen atoms in total. The molecule has 0 amide bonds. The van der Waals surface area contributed by atoms with Crippen molar-refractivity contribution in [2.45, 2.75) is 32.8 Å². The number of halogens is 1. The Morgan fingerprint density at radius 3 is 2.63 bits per heavy atom. The maximum absolute atomic E-state index is 14.1. The number of nitriles is 1. The van der Waals surface area contributed by atoms with Crippen LogP contribution in [-0.2, 0) is 22.2 Å². The van der Waals surface area contributed by atoms with Gasteiger partial charge in [-0.2, -0.15) is 10.4 Å². The van der Waals surface area contributed by atoms with E-state index in [4.69, 9.17) is 4.74 Å². The molecule has 1 aliphatic rings. The monoisotopic (exact) mass is 368 g/mol. The van der Waals surface area contributed by atoms with Crippen LogP contribution in [0.15, 0.2) is 30.1 Å². The Labute approximate surface area is 157 Å². The number of methoxy groups -OCH3 is 1. The standard InChI is InChI=1S/C20H21FN4O2/c1-12-16(10-25(4)24-12)15-6-14(21)9-23-17(15)20(27-5)7-13(8-22)18(26)19(2,3)11-20/h6-7,9-10H,11H2,1-5H3. The SMILES string of the molecule is COC1(c2ncc(F)cc2-c2cn(C)nc2C)C=C(C#N)C(=O)C(C)(C)C1. The summed E-state index contributed by atoms with van der Waals surface area (Å²) < 4.78 is 21.6. The van der Waals surface area contributed by atoms with Gasteiger partial charge >= 0.3 is 0 Å². The Morgan fingerprint density at radius 1 is 1.37 bits per heavy atom. The summed E-state index contributed by atoms with van der Waals surface area (Å²) in [6.45, 7) is 5.37. The molecule has 140 valence electrons. The number of rotatable bonds is 3. The van der Waals surface area contributed by atoms with Crippen molar-refractivity contribution in [1.29, 1.82) is 5.26 Å². The van der Waals surface area contributed by atoms with E-state index in [0.29, 0.717) is 17.0 Å². The minimum absolute atomic E-state index is 0.0214. The Kier molecular flexibility index (Phi) is 4.48. The van der Waals surface area contributed by atoms with Gasteiger partial charge in [-0.25, -0.2) is 4.39 Å². The van der Waals surface area contributed by atoms with E-state index in [1.165, 1.54) is 19.3 Å². The molecule has 0 aliphatic heterocycles. The number of ether oxygens (including phenoxy) is 1. The highest BCUT2D eigenvalue weighted by Crippen LogP contribution is 2.47. The van der Waals surface area contributed by atoms with Crippen LogP contribution in [0.4, 0.5) is 4.39 Å². The van der Waals surface area contributed by atoms with E-state index >= 15 is 0 Å². The highest BCUT2D eigenvalue weighted by Gasteiger charge is 2.48. The third-order valence-corrected chi connectivity index (χ3v) is 4.98. The molecular weight excluding hydrogens is 347 g/mol. The van der Waals surface area contributed by atoms with Crippen LogP contribution in [0.25, 0.3) is 11.1 Å². The molecule has 2 aromatic heterocycles. The summed E-state index contributed by atoms with van der Waals surface area (Å²) in [4.78, 5) is 16.9. The van der Waals surface area contributed by atoms with Gasteiger partial charge in [0.25, 0.3) is 0 Å². The van der Waals surface area contributed by atoms with Crippen LogP contribution in [-0.4, -0.2) is 27.7 Å². The van der Waals surface area contributed by atoms with E-state index < -0.39 is 16.8 Å². The van der Waals surface area contributed by atoms with E-state index in [9.17, 15) is 14.4 Å². The normalized spacial score (nSPS) is 21.7. The molecular formula is C20H21FN4O2. The molecule has 1 unspecified atom stereocenters. The van der Waals surface area contributed by atoms with Gasteiger partial charge in [-0.1, -0.05) is 13.8 Å². The maximum atomic E-state index is 14.1. The molecule has 0 fully saturated rings. The minimum atomic E-state index is -1.13. The summed E-state index contributed by atoms with van der Waals surface area (Å²) in [5, 5.41) is 13.8. The molecule has 0 saturated carbocycles. The van der Waals surface area contributed by atoms with Gasteiger partial charge in [-0.05, 0) is 25.5 Å². The summed E-state index contributed by atoms with van der Waals surface area (Å²) in [6.07, 6.45) is 4.70. The average Bonchev–Trinajstić information content (AvgIpc) is 2.95. The van der Waals surface area contributed by atoms with Gasteiger partial charge in [-0.3, -0.25) is 14.5 Å². The fourth-order valence-electron chi connectivity index (χ4n) is 3.76. The largest absolute Gasteiger partial charge is 0.368 e. The van der Waals surface area contributed by atoms with E-state index in [2.05, 4.69) is 10.1 Å². The number of hydrogen-bond donors (Lipinski definition) is 0. The number of ketones is 1. The summed E-state index contributed by atoms with van der Waals surface area (Å²) in [5.41, 5.74) is 0.483. The molecule has 7 heteroatoms. The summed E-state index contributed by atoms with van der Waals surface area (Å²) in [6, 6.07) is 3.35. The quantitative estimate of drug-likeness (QED) is 0.831. The van der Waals surface area contributed by atoms with Crippen molar-refractivity contribution in [3.05, 3.63) is 47.3 Å². The molecule has 27 heavy (non-hydrogen) atoms. The number of aryl methyl sites for hydroxylation is 2. The Balaban J connectivity index is 2.32. The second-order valence-electron chi connectivity index (χ2n) is 7.50. The van der Waals surface area contributed by atoms with Gasteiger partial charge in [0, 0.05) is 36.9 Å². The number of allylic oxidation sites excluding steroid dienone is 1. The number of carbonyl (C=O) groups is 1. The van der Waals surface area contributed by atoms with E-state index in [1.807, 2.05) is 13.0 Å². The van der Waals surface area contributed by atoms with Crippen LogP contribution in [0.1, 0.15) is 31.7 Å². The van der Waals surface area contributed by atoms with Crippen LogP contribution >= 0.6 is 0 Å².